The maximum atomic E-state index is 13.6. The van der Waals surface area contributed by atoms with Crippen molar-refractivity contribution < 1.29 is 18.0 Å². The first-order chi connectivity index (χ1) is 9.41. The fourth-order valence-electron chi connectivity index (χ4n) is 1.69. The number of hydrogen-bond donors (Lipinski definition) is 1. The molecule has 3 nitrogen and oxygen atoms in total. The number of carbonyl (C=O) groups is 1. The fraction of sp³-hybridized carbons (Fsp3) is 0.0714. The van der Waals surface area contributed by atoms with Crippen molar-refractivity contribution in [2.24, 2.45) is 0 Å². The molecule has 0 saturated heterocycles. The molecule has 0 aliphatic heterocycles. The van der Waals surface area contributed by atoms with Crippen molar-refractivity contribution >= 4 is 17.3 Å². The molecule has 2 N–H and O–H groups in total. The van der Waals surface area contributed by atoms with Crippen LogP contribution in [0.2, 0.25) is 0 Å². The van der Waals surface area contributed by atoms with Crippen molar-refractivity contribution in [2.45, 2.75) is 0 Å². The molecule has 0 heterocycles. The third-order valence-electron chi connectivity index (χ3n) is 2.85. The lowest BCUT2D eigenvalue weighted by molar-refractivity contribution is 0.0988. The molecule has 2 aromatic rings. The maximum Gasteiger partial charge on any atom is 0.261 e. The molecule has 0 saturated carbocycles. The van der Waals surface area contributed by atoms with Crippen LogP contribution >= 0.6 is 0 Å². The molecule has 0 aliphatic carbocycles. The monoisotopic (exact) mass is 280 g/mol. The van der Waals surface area contributed by atoms with E-state index in [1.54, 1.807) is 24.3 Å². The summed E-state index contributed by atoms with van der Waals surface area (Å²) in [6.45, 7) is 0. The SMILES string of the molecule is CN(C(=O)c1ccc(F)c(F)c1F)c1ccc(N)cc1. The number of anilines is 2. The summed E-state index contributed by atoms with van der Waals surface area (Å²) in [6.07, 6.45) is 0. The van der Waals surface area contributed by atoms with Gasteiger partial charge in [-0.25, -0.2) is 13.2 Å². The van der Waals surface area contributed by atoms with E-state index in [2.05, 4.69) is 0 Å². The Bertz CT molecular complexity index is 656. The van der Waals surface area contributed by atoms with E-state index in [0.29, 0.717) is 17.4 Å². The third-order valence-corrected chi connectivity index (χ3v) is 2.85. The predicted octanol–water partition coefficient (Wildman–Crippen LogP) is 2.96. The van der Waals surface area contributed by atoms with E-state index in [9.17, 15) is 18.0 Å². The molecule has 2 rings (SSSR count). The van der Waals surface area contributed by atoms with Crippen LogP contribution in [0.3, 0.4) is 0 Å². The molecular formula is C14H11F3N2O. The molecule has 0 aromatic heterocycles. The second-order valence-corrected chi connectivity index (χ2v) is 4.18. The molecule has 20 heavy (non-hydrogen) atoms. The highest BCUT2D eigenvalue weighted by molar-refractivity contribution is 6.05. The summed E-state index contributed by atoms with van der Waals surface area (Å²) in [6, 6.07) is 7.88. The van der Waals surface area contributed by atoms with Crippen LogP contribution in [0.25, 0.3) is 0 Å². The molecule has 1 amide bonds. The number of rotatable bonds is 2. The molecule has 0 radical (unpaired) electrons. The van der Waals surface area contributed by atoms with Crippen molar-refractivity contribution in [1.82, 2.24) is 0 Å². The number of carbonyl (C=O) groups excluding carboxylic acids is 1. The van der Waals surface area contributed by atoms with E-state index in [-0.39, 0.29) is 0 Å². The Morgan fingerprint density at radius 3 is 2.20 bits per heavy atom. The van der Waals surface area contributed by atoms with Gasteiger partial charge in [0.05, 0.1) is 5.56 Å². The highest BCUT2D eigenvalue weighted by Crippen LogP contribution is 2.21. The van der Waals surface area contributed by atoms with Crippen LogP contribution in [0.15, 0.2) is 36.4 Å². The average molecular weight is 280 g/mol. The van der Waals surface area contributed by atoms with Crippen LogP contribution in [0.4, 0.5) is 24.5 Å². The lowest BCUT2D eigenvalue weighted by Gasteiger charge is -2.18. The van der Waals surface area contributed by atoms with E-state index in [1.807, 2.05) is 0 Å². The van der Waals surface area contributed by atoms with E-state index in [1.165, 1.54) is 7.05 Å². The molecule has 104 valence electrons. The number of nitrogens with zero attached hydrogens (tertiary/aromatic N) is 1. The van der Waals surface area contributed by atoms with Gasteiger partial charge in [0.2, 0.25) is 0 Å². The average Bonchev–Trinajstić information content (AvgIpc) is 2.44. The Balaban J connectivity index is 2.36. The smallest absolute Gasteiger partial charge is 0.261 e. The van der Waals surface area contributed by atoms with Crippen LogP contribution in [0.1, 0.15) is 10.4 Å². The van der Waals surface area contributed by atoms with Crippen LogP contribution in [-0.4, -0.2) is 13.0 Å². The van der Waals surface area contributed by atoms with Crippen LogP contribution < -0.4 is 10.6 Å². The Morgan fingerprint density at radius 2 is 1.60 bits per heavy atom. The summed E-state index contributed by atoms with van der Waals surface area (Å²) in [5.41, 5.74) is 5.94. The summed E-state index contributed by atoms with van der Waals surface area (Å²) in [7, 11) is 1.40. The molecule has 6 heteroatoms. The minimum Gasteiger partial charge on any atom is -0.399 e. The van der Waals surface area contributed by atoms with Crippen molar-refractivity contribution in [3.8, 4) is 0 Å². The standard InChI is InChI=1S/C14H11F3N2O/c1-19(9-4-2-8(18)3-5-9)14(20)10-6-7-11(15)13(17)12(10)16/h2-7H,18H2,1H3. The van der Waals surface area contributed by atoms with Gasteiger partial charge in [-0.15, -0.1) is 0 Å². The molecule has 0 aliphatic rings. The first-order valence-corrected chi connectivity index (χ1v) is 5.69. The minimum atomic E-state index is -1.67. The second-order valence-electron chi connectivity index (χ2n) is 4.18. The van der Waals surface area contributed by atoms with Gasteiger partial charge < -0.3 is 10.6 Å². The largest absolute Gasteiger partial charge is 0.399 e. The zero-order chi connectivity index (χ0) is 14.9. The van der Waals surface area contributed by atoms with Crippen molar-refractivity contribution in [3.63, 3.8) is 0 Å². The van der Waals surface area contributed by atoms with Crippen LogP contribution in [0.5, 0.6) is 0 Å². The normalized spacial score (nSPS) is 10.4. The summed E-state index contributed by atoms with van der Waals surface area (Å²) < 4.78 is 39.5. The topological polar surface area (TPSA) is 46.3 Å². The summed E-state index contributed by atoms with van der Waals surface area (Å²) in [5, 5.41) is 0. The van der Waals surface area contributed by atoms with Crippen molar-refractivity contribution in [3.05, 3.63) is 59.4 Å². The Labute approximate surface area is 113 Å². The molecule has 0 fully saturated rings. The zero-order valence-corrected chi connectivity index (χ0v) is 10.5. The summed E-state index contributed by atoms with van der Waals surface area (Å²) in [5.74, 6) is -5.29. The lowest BCUT2D eigenvalue weighted by atomic mass is 10.1. The summed E-state index contributed by atoms with van der Waals surface area (Å²) in [4.78, 5) is 13.2. The maximum absolute atomic E-state index is 13.6. The highest BCUT2D eigenvalue weighted by Gasteiger charge is 2.22. The molecule has 0 bridgehead atoms. The van der Waals surface area contributed by atoms with E-state index >= 15 is 0 Å². The Hall–Kier alpha value is -2.50. The molecule has 0 atom stereocenters. The number of nitrogens with two attached hydrogens (primary N) is 1. The minimum absolute atomic E-state index is 0.452. The fourth-order valence-corrected chi connectivity index (χ4v) is 1.69. The summed E-state index contributed by atoms with van der Waals surface area (Å²) >= 11 is 0. The van der Waals surface area contributed by atoms with E-state index in [0.717, 1.165) is 11.0 Å². The second kappa shape index (κ2) is 5.24. The number of hydrogen-bond acceptors (Lipinski definition) is 2. The van der Waals surface area contributed by atoms with Gasteiger partial charge in [0, 0.05) is 18.4 Å². The van der Waals surface area contributed by atoms with Gasteiger partial charge in [-0.05, 0) is 36.4 Å². The van der Waals surface area contributed by atoms with Crippen molar-refractivity contribution in [1.29, 1.82) is 0 Å². The van der Waals surface area contributed by atoms with Gasteiger partial charge >= 0.3 is 0 Å². The van der Waals surface area contributed by atoms with Gasteiger partial charge in [0.1, 0.15) is 0 Å². The lowest BCUT2D eigenvalue weighted by Crippen LogP contribution is -2.27. The number of benzene rings is 2. The van der Waals surface area contributed by atoms with Gasteiger partial charge in [-0.2, -0.15) is 0 Å². The predicted molar refractivity (Wildman–Crippen MR) is 69.9 cm³/mol. The quantitative estimate of drug-likeness (QED) is 0.679. The van der Waals surface area contributed by atoms with Gasteiger partial charge in [0.15, 0.2) is 17.5 Å². The first kappa shape index (κ1) is 13.9. The van der Waals surface area contributed by atoms with Crippen molar-refractivity contribution in [2.75, 3.05) is 17.7 Å². The van der Waals surface area contributed by atoms with Gasteiger partial charge in [0.25, 0.3) is 5.91 Å². The Kier molecular flexibility index (Phi) is 3.65. The van der Waals surface area contributed by atoms with Gasteiger partial charge in [-0.1, -0.05) is 0 Å². The van der Waals surface area contributed by atoms with Crippen LogP contribution in [-0.2, 0) is 0 Å². The van der Waals surface area contributed by atoms with E-state index in [4.69, 9.17) is 5.73 Å². The Morgan fingerprint density at radius 1 is 1.00 bits per heavy atom. The number of amides is 1. The third kappa shape index (κ3) is 2.45. The number of halogens is 3. The van der Waals surface area contributed by atoms with Crippen LogP contribution in [0, 0.1) is 17.5 Å². The first-order valence-electron chi connectivity index (χ1n) is 5.69. The van der Waals surface area contributed by atoms with E-state index < -0.39 is 28.9 Å². The zero-order valence-electron chi connectivity index (χ0n) is 10.5. The molecular weight excluding hydrogens is 269 g/mol. The van der Waals surface area contributed by atoms with Gasteiger partial charge in [-0.3, -0.25) is 4.79 Å². The molecule has 0 spiro atoms. The highest BCUT2D eigenvalue weighted by atomic mass is 19.2. The molecule has 0 unspecified atom stereocenters. The molecule has 2 aromatic carbocycles. The number of nitrogen functional groups attached to an aromatic ring is 1.